The molecule has 2 N–H and O–H groups in total. The van der Waals surface area contributed by atoms with Crippen LogP contribution in [0.25, 0.3) is 0 Å². The molecule has 1 saturated carbocycles. The second kappa shape index (κ2) is 10.2. The summed E-state index contributed by atoms with van der Waals surface area (Å²) in [7, 11) is 3.53. The maximum atomic E-state index is 11.9. The molecule has 1 aromatic rings. The molecule has 2 atom stereocenters. The van der Waals surface area contributed by atoms with E-state index in [1.807, 2.05) is 24.3 Å². The van der Waals surface area contributed by atoms with Gasteiger partial charge in [0.1, 0.15) is 0 Å². The van der Waals surface area contributed by atoms with Crippen molar-refractivity contribution in [2.75, 3.05) is 27.2 Å². The van der Waals surface area contributed by atoms with E-state index in [-0.39, 0.29) is 5.91 Å². The fraction of sp³-hybridized carbons (Fsp3) is 0.619. The molecule has 5 nitrogen and oxygen atoms in total. The van der Waals surface area contributed by atoms with Crippen molar-refractivity contribution in [3.63, 3.8) is 0 Å². The summed E-state index contributed by atoms with van der Waals surface area (Å²) in [4.78, 5) is 18.2. The molecule has 0 radical (unpaired) electrons. The van der Waals surface area contributed by atoms with Crippen molar-refractivity contribution in [3.05, 3.63) is 35.4 Å². The number of guanidine groups is 1. The summed E-state index contributed by atoms with van der Waals surface area (Å²) in [5.74, 6) is 2.49. The van der Waals surface area contributed by atoms with Gasteiger partial charge in [0.15, 0.2) is 5.96 Å². The lowest BCUT2D eigenvalue weighted by atomic mass is 9.82. The highest BCUT2D eigenvalue weighted by Gasteiger charge is 2.18. The van der Waals surface area contributed by atoms with E-state index in [9.17, 15) is 4.79 Å². The Morgan fingerprint density at radius 2 is 1.92 bits per heavy atom. The molecule has 0 bridgehead atoms. The molecule has 1 aliphatic carbocycles. The molecule has 2 unspecified atom stereocenters. The molecule has 144 valence electrons. The normalized spacial score (nSPS) is 20.5. The van der Waals surface area contributed by atoms with Crippen molar-refractivity contribution in [1.82, 2.24) is 15.5 Å². The molecule has 0 aliphatic heterocycles. The lowest BCUT2D eigenvalue weighted by Crippen LogP contribution is -2.40. The number of nitrogens with one attached hydrogen (secondary N) is 2. The third kappa shape index (κ3) is 6.36. The fourth-order valence-electron chi connectivity index (χ4n) is 3.51. The number of aliphatic imine (C=N–C) groups is 1. The molecule has 1 aromatic carbocycles. The van der Waals surface area contributed by atoms with E-state index in [0.717, 1.165) is 36.4 Å². The van der Waals surface area contributed by atoms with E-state index in [0.29, 0.717) is 12.1 Å². The van der Waals surface area contributed by atoms with Gasteiger partial charge in [0, 0.05) is 32.7 Å². The van der Waals surface area contributed by atoms with E-state index in [1.54, 1.807) is 19.0 Å². The summed E-state index contributed by atoms with van der Waals surface area (Å²) < 4.78 is 0. The number of carbonyl (C=O) groups excluding carboxylic acids is 1. The SMILES string of the molecule is CCNC(=NCc1ccc(C(=O)N(C)C)cc1)NCC1CCCC(C)C1. The Morgan fingerprint density at radius 1 is 1.19 bits per heavy atom. The Kier molecular flexibility index (Phi) is 7.95. The minimum absolute atomic E-state index is 0.0248. The minimum Gasteiger partial charge on any atom is -0.357 e. The quantitative estimate of drug-likeness (QED) is 0.606. The molecule has 1 fully saturated rings. The van der Waals surface area contributed by atoms with Crippen LogP contribution in [0.5, 0.6) is 0 Å². The molecule has 1 amide bonds. The van der Waals surface area contributed by atoms with Gasteiger partial charge in [-0.1, -0.05) is 31.9 Å². The second-order valence-corrected chi connectivity index (χ2v) is 7.61. The van der Waals surface area contributed by atoms with E-state index in [1.165, 1.54) is 25.7 Å². The average Bonchev–Trinajstić information content (AvgIpc) is 2.64. The van der Waals surface area contributed by atoms with Crippen molar-refractivity contribution in [2.45, 2.75) is 46.1 Å². The van der Waals surface area contributed by atoms with Crippen molar-refractivity contribution >= 4 is 11.9 Å². The Morgan fingerprint density at radius 3 is 2.54 bits per heavy atom. The molecular formula is C21H34N4O. The molecule has 0 heterocycles. The van der Waals surface area contributed by atoms with Gasteiger partial charge in [-0.2, -0.15) is 0 Å². The van der Waals surface area contributed by atoms with Crippen LogP contribution in [0, 0.1) is 11.8 Å². The predicted molar refractivity (Wildman–Crippen MR) is 108 cm³/mol. The first-order chi connectivity index (χ1) is 12.5. The number of carbonyl (C=O) groups is 1. The monoisotopic (exact) mass is 358 g/mol. The predicted octanol–water partition coefficient (Wildman–Crippen LogP) is 3.27. The molecule has 0 saturated heterocycles. The first-order valence-corrected chi connectivity index (χ1v) is 9.82. The number of benzene rings is 1. The van der Waals surface area contributed by atoms with Crippen molar-refractivity contribution in [2.24, 2.45) is 16.8 Å². The molecular weight excluding hydrogens is 324 g/mol. The smallest absolute Gasteiger partial charge is 0.253 e. The lowest BCUT2D eigenvalue weighted by molar-refractivity contribution is 0.0827. The van der Waals surface area contributed by atoms with Gasteiger partial charge in [-0.05, 0) is 49.3 Å². The number of nitrogens with zero attached hydrogens (tertiary/aromatic N) is 2. The summed E-state index contributed by atoms with van der Waals surface area (Å²) in [6.45, 7) is 6.89. The summed E-state index contributed by atoms with van der Waals surface area (Å²) in [5, 5.41) is 6.83. The number of rotatable bonds is 6. The van der Waals surface area contributed by atoms with Crippen LogP contribution in [0.2, 0.25) is 0 Å². The fourth-order valence-corrected chi connectivity index (χ4v) is 3.51. The number of hydrogen-bond donors (Lipinski definition) is 2. The van der Waals surface area contributed by atoms with Crippen molar-refractivity contribution in [3.8, 4) is 0 Å². The first kappa shape index (κ1) is 20.3. The van der Waals surface area contributed by atoms with Gasteiger partial charge in [-0.3, -0.25) is 4.79 Å². The Labute approximate surface area is 158 Å². The van der Waals surface area contributed by atoms with Crippen molar-refractivity contribution in [1.29, 1.82) is 0 Å². The van der Waals surface area contributed by atoms with Crippen LogP contribution in [0.3, 0.4) is 0 Å². The van der Waals surface area contributed by atoms with Gasteiger partial charge < -0.3 is 15.5 Å². The first-order valence-electron chi connectivity index (χ1n) is 9.82. The minimum atomic E-state index is 0.0248. The van der Waals surface area contributed by atoms with Crippen LogP contribution in [0.4, 0.5) is 0 Å². The standard InChI is InChI=1S/C21H34N4O/c1-5-22-21(24-15-18-8-6-7-16(2)13-18)23-14-17-9-11-19(12-10-17)20(26)25(3)4/h9-12,16,18H,5-8,13-15H2,1-4H3,(H2,22,23,24). The van der Waals surface area contributed by atoms with Crippen LogP contribution in [-0.4, -0.2) is 44.0 Å². The average molecular weight is 359 g/mol. The number of amides is 1. The maximum absolute atomic E-state index is 11.9. The zero-order chi connectivity index (χ0) is 18.9. The van der Waals surface area contributed by atoms with Gasteiger partial charge in [0.25, 0.3) is 5.91 Å². The molecule has 0 spiro atoms. The highest BCUT2D eigenvalue weighted by molar-refractivity contribution is 5.93. The Hall–Kier alpha value is -2.04. The van der Waals surface area contributed by atoms with Crippen molar-refractivity contribution < 1.29 is 4.79 Å². The molecule has 5 heteroatoms. The third-order valence-electron chi connectivity index (χ3n) is 4.97. The van der Waals surface area contributed by atoms with Crippen LogP contribution in [0.15, 0.2) is 29.3 Å². The molecule has 26 heavy (non-hydrogen) atoms. The van der Waals surface area contributed by atoms with Gasteiger partial charge in [0.2, 0.25) is 0 Å². The summed E-state index contributed by atoms with van der Waals surface area (Å²) >= 11 is 0. The summed E-state index contributed by atoms with van der Waals surface area (Å²) in [6, 6.07) is 7.70. The van der Waals surface area contributed by atoms with Crippen LogP contribution in [-0.2, 0) is 6.54 Å². The van der Waals surface area contributed by atoms with Gasteiger partial charge >= 0.3 is 0 Å². The topological polar surface area (TPSA) is 56.7 Å². The van der Waals surface area contributed by atoms with Crippen LogP contribution < -0.4 is 10.6 Å². The van der Waals surface area contributed by atoms with Crippen LogP contribution >= 0.6 is 0 Å². The highest BCUT2D eigenvalue weighted by atomic mass is 16.2. The molecule has 0 aromatic heterocycles. The lowest BCUT2D eigenvalue weighted by Gasteiger charge is -2.27. The molecule has 1 aliphatic rings. The summed E-state index contributed by atoms with van der Waals surface area (Å²) in [5.41, 5.74) is 1.81. The Bertz CT molecular complexity index is 595. The highest BCUT2D eigenvalue weighted by Crippen LogP contribution is 2.27. The summed E-state index contributed by atoms with van der Waals surface area (Å²) in [6.07, 6.45) is 5.35. The Balaban J connectivity index is 1.90. The number of hydrogen-bond acceptors (Lipinski definition) is 2. The van der Waals surface area contributed by atoms with Gasteiger partial charge in [-0.25, -0.2) is 4.99 Å². The van der Waals surface area contributed by atoms with Crippen LogP contribution in [0.1, 0.15) is 55.5 Å². The van der Waals surface area contributed by atoms with E-state index < -0.39 is 0 Å². The zero-order valence-corrected chi connectivity index (χ0v) is 16.7. The maximum Gasteiger partial charge on any atom is 0.253 e. The van der Waals surface area contributed by atoms with Gasteiger partial charge in [-0.15, -0.1) is 0 Å². The van der Waals surface area contributed by atoms with E-state index in [4.69, 9.17) is 4.99 Å². The van der Waals surface area contributed by atoms with Gasteiger partial charge in [0.05, 0.1) is 6.54 Å². The second-order valence-electron chi connectivity index (χ2n) is 7.61. The van der Waals surface area contributed by atoms with E-state index >= 15 is 0 Å². The molecule has 2 rings (SSSR count). The third-order valence-corrected chi connectivity index (χ3v) is 4.97. The largest absolute Gasteiger partial charge is 0.357 e. The van der Waals surface area contributed by atoms with E-state index in [2.05, 4.69) is 24.5 Å². The zero-order valence-electron chi connectivity index (χ0n) is 16.7.